The number of anilines is 1. The molecule has 1 atom stereocenters. The summed E-state index contributed by atoms with van der Waals surface area (Å²) in [5.41, 5.74) is 0.431. The fraction of sp³-hybridized carbons (Fsp3) is 0.619. The third-order valence-electron chi connectivity index (χ3n) is 6.23. The zero-order valence-electron chi connectivity index (χ0n) is 15.8. The second-order valence-electron chi connectivity index (χ2n) is 8.41. The van der Waals surface area contributed by atoms with Gasteiger partial charge < -0.3 is 15.1 Å². The molecule has 1 unspecified atom stereocenters. The van der Waals surface area contributed by atoms with Crippen molar-refractivity contribution in [2.75, 3.05) is 31.5 Å². The highest BCUT2D eigenvalue weighted by molar-refractivity contribution is 5.90. The Morgan fingerprint density at radius 2 is 2.04 bits per heavy atom. The Bertz CT molecular complexity index is 721. The molecule has 146 valence electrons. The normalized spacial score (nSPS) is 26.4. The van der Waals surface area contributed by atoms with E-state index >= 15 is 0 Å². The summed E-state index contributed by atoms with van der Waals surface area (Å²) in [4.78, 5) is 28.9. The first kappa shape index (κ1) is 18.4. The van der Waals surface area contributed by atoms with E-state index < -0.39 is 5.82 Å². The van der Waals surface area contributed by atoms with E-state index in [1.54, 1.807) is 18.2 Å². The molecule has 2 saturated heterocycles. The van der Waals surface area contributed by atoms with Crippen molar-refractivity contribution in [3.8, 4) is 0 Å². The van der Waals surface area contributed by atoms with E-state index in [2.05, 4.69) is 15.1 Å². The molecule has 5 nitrogen and oxygen atoms in total. The van der Waals surface area contributed by atoms with Gasteiger partial charge in [0.2, 0.25) is 11.8 Å². The van der Waals surface area contributed by atoms with E-state index in [1.165, 1.54) is 12.5 Å². The molecule has 1 aromatic carbocycles. The maximum atomic E-state index is 13.7. The van der Waals surface area contributed by atoms with Crippen LogP contribution in [0, 0.1) is 11.2 Å². The Morgan fingerprint density at radius 1 is 1.22 bits per heavy atom. The van der Waals surface area contributed by atoms with E-state index in [0.717, 1.165) is 45.3 Å². The lowest BCUT2D eigenvalue weighted by Gasteiger charge is -2.48. The molecule has 4 rings (SSSR count). The van der Waals surface area contributed by atoms with Crippen molar-refractivity contribution in [1.82, 2.24) is 9.80 Å². The predicted octanol–water partition coefficient (Wildman–Crippen LogP) is 3.02. The van der Waals surface area contributed by atoms with Gasteiger partial charge in [0, 0.05) is 43.9 Å². The van der Waals surface area contributed by atoms with E-state index in [9.17, 15) is 14.0 Å². The maximum Gasteiger partial charge on any atom is 0.225 e. The van der Waals surface area contributed by atoms with E-state index in [4.69, 9.17) is 0 Å². The van der Waals surface area contributed by atoms with Crippen LogP contribution in [0.15, 0.2) is 24.3 Å². The Labute approximate surface area is 159 Å². The molecule has 0 bridgehead atoms. The zero-order chi connectivity index (χ0) is 18.9. The highest BCUT2D eigenvalue weighted by atomic mass is 19.1. The molecule has 3 aliphatic rings. The van der Waals surface area contributed by atoms with Crippen LogP contribution in [0.4, 0.5) is 10.1 Å². The van der Waals surface area contributed by atoms with Crippen LogP contribution in [0.3, 0.4) is 0 Å². The quantitative estimate of drug-likeness (QED) is 0.863. The summed E-state index contributed by atoms with van der Waals surface area (Å²) in [6, 6.07) is 6.73. The number of para-hydroxylation sites is 1. The second kappa shape index (κ2) is 7.58. The number of carbonyl (C=O) groups is 2. The van der Waals surface area contributed by atoms with Crippen molar-refractivity contribution in [1.29, 1.82) is 0 Å². The summed E-state index contributed by atoms with van der Waals surface area (Å²) in [7, 11) is 0. The predicted molar refractivity (Wildman–Crippen MR) is 102 cm³/mol. The van der Waals surface area contributed by atoms with Crippen molar-refractivity contribution in [2.24, 2.45) is 5.41 Å². The number of likely N-dealkylation sites (tertiary alicyclic amines) is 2. The first-order chi connectivity index (χ1) is 13.0. The minimum Gasteiger partial charge on any atom is -0.339 e. The van der Waals surface area contributed by atoms with E-state index in [-0.39, 0.29) is 17.0 Å². The van der Waals surface area contributed by atoms with Gasteiger partial charge in [-0.3, -0.25) is 9.59 Å². The van der Waals surface area contributed by atoms with Crippen molar-refractivity contribution in [3.05, 3.63) is 30.1 Å². The van der Waals surface area contributed by atoms with Gasteiger partial charge in [0.05, 0.1) is 5.69 Å². The van der Waals surface area contributed by atoms with Crippen molar-refractivity contribution < 1.29 is 14.0 Å². The number of hydrogen-bond acceptors (Lipinski definition) is 3. The monoisotopic (exact) mass is 373 g/mol. The number of nitrogens with zero attached hydrogens (tertiary/aromatic N) is 2. The van der Waals surface area contributed by atoms with Gasteiger partial charge in [0.25, 0.3) is 0 Å². The zero-order valence-corrected chi connectivity index (χ0v) is 15.8. The van der Waals surface area contributed by atoms with Crippen molar-refractivity contribution in [3.63, 3.8) is 0 Å². The highest BCUT2D eigenvalue weighted by Crippen LogP contribution is 2.42. The van der Waals surface area contributed by atoms with Crippen LogP contribution in [0.25, 0.3) is 0 Å². The molecule has 27 heavy (non-hydrogen) atoms. The topological polar surface area (TPSA) is 52.7 Å². The third-order valence-corrected chi connectivity index (χ3v) is 6.23. The Morgan fingerprint density at radius 3 is 2.81 bits per heavy atom. The number of piperidine rings is 2. The molecular weight excluding hydrogens is 345 g/mol. The fourth-order valence-corrected chi connectivity index (χ4v) is 4.63. The number of amides is 2. The van der Waals surface area contributed by atoms with Gasteiger partial charge in [0.15, 0.2) is 0 Å². The fourth-order valence-electron chi connectivity index (χ4n) is 4.63. The lowest BCUT2D eigenvalue weighted by atomic mass is 9.73. The largest absolute Gasteiger partial charge is 0.339 e. The lowest BCUT2D eigenvalue weighted by Crippen LogP contribution is -2.54. The molecule has 1 N–H and O–H groups in total. The first-order valence-corrected chi connectivity index (χ1v) is 10.1. The van der Waals surface area contributed by atoms with Gasteiger partial charge in [0.1, 0.15) is 5.82 Å². The number of hydrogen-bond donors (Lipinski definition) is 1. The van der Waals surface area contributed by atoms with Crippen LogP contribution >= 0.6 is 0 Å². The molecule has 3 fully saturated rings. The number of rotatable bonds is 5. The Kier molecular flexibility index (Phi) is 5.17. The van der Waals surface area contributed by atoms with Gasteiger partial charge in [-0.15, -0.1) is 0 Å². The summed E-state index contributed by atoms with van der Waals surface area (Å²) in [5, 5.41) is 2.66. The third kappa shape index (κ3) is 4.32. The minimum atomic E-state index is -0.408. The maximum absolute atomic E-state index is 13.7. The molecule has 2 amide bonds. The van der Waals surface area contributed by atoms with Gasteiger partial charge >= 0.3 is 0 Å². The van der Waals surface area contributed by atoms with Gasteiger partial charge in [-0.25, -0.2) is 4.39 Å². The summed E-state index contributed by atoms with van der Waals surface area (Å²) in [6.07, 6.45) is 6.58. The van der Waals surface area contributed by atoms with E-state index in [1.807, 2.05) is 0 Å². The van der Waals surface area contributed by atoms with Gasteiger partial charge in [-0.05, 0) is 50.8 Å². The average Bonchev–Trinajstić information content (AvgIpc) is 3.50. The van der Waals surface area contributed by atoms with Crippen molar-refractivity contribution in [2.45, 2.75) is 51.0 Å². The lowest BCUT2D eigenvalue weighted by molar-refractivity contribution is -0.140. The smallest absolute Gasteiger partial charge is 0.225 e. The molecule has 1 spiro atoms. The molecule has 1 aromatic rings. The number of carbonyl (C=O) groups excluding carboxylic acids is 2. The van der Waals surface area contributed by atoms with Crippen LogP contribution in [-0.2, 0) is 9.59 Å². The molecule has 1 saturated carbocycles. The molecule has 0 radical (unpaired) electrons. The van der Waals surface area contributed by atoms with Crippen LogP contribution in [0.1, 0.15) is 44.9 Å². The molecule has 6 heteroatoms. The number of halogens is 1. The highest BCUT2D eigenvalue weighted by Gasteiger charge is 2.45. The van der Waals surface area contributed by atoms with Gasteiger partial charge in [-0.2, -0.15) is 0 Å². The number of nitrogens with one attached hydrogen (secondary N) is 1. The van der Waals surface area contributed by atoms with Crippen LogP contribution in [-0.4, -0.2) is 53.8 Å². The summed E-state index contributed by atoms with van der Waals surface area (Å²) in [6.45, 7) is 3.51. The molecular formula is C21H28FN3O2. The number of benzene rings is 1. The molecule has 0 aromatic heterocycles. The standard InChI is InChI=1S/C21H28FN3O2/c22-17-4-1-2-5-18(17)23-19(26)9-13-24-12-3-10-21(14-24)11-8-20(27)25(15-21)16-6-7-16/h1-2,4-5,16H,3,6-15H2,(H,23,26). The summed E-state index contributed by atoms with van der Waals surface area (Å²) in [5.74, 6) is -0.238. The molecule has 2 aliphatic heterocycles. The van der Waals surface area contributed by atoms with Crippen LogP contribution in [0.5, 0.6) is 0 Å². The minimum absolute atomic E-state index is 0.154. The SMILES string of the molecule is O=C(CCN1CCCC2(CCC(=O)N(C3CC3)C2)C1)Nc1ccccc1F. The van der Waals surface area contributed by atoms with Crippen molar-refractivity contribution >= 4 is 17.5 Å². The Hall–Kier alpha value is -1.95. The second-order valence-corrected chi connectivity index (χ2v) is 8.41. The summed E-state index contributed by atoms with van der Waals surface area (Å²) < 4.78 is 13.7. The van der Waals surface area contributed by atoms with Crippen LogP contribution < -0.4 is 5.32 Å². The molecule has 1 aliphatic carbocycles. The Balaban J connectivity index is 1.30. The first-order valence-electron chi connectivity index (χ1n) is 10.1. The van der Waals surface area contributed by atoms with Crippen LogP contribution in [0.2, 0.25) is 0 Å². The summed E-state index contributed by atoms with van der Waals surface area (Å²) >= 11 is 0. The van der Waals surface area contributed by atoms with E-state index in [0.29, 0.717) is 31.3 Å². The average molecular weight is 373 g/mol. The van der Waals surface area contributed by atoms with Gasteiger partial charge in [-0.1, -0.05) is 12.1 Å². The molecule has 2 heterocycles.